The molecule has 1 rings (SSSR count). The standard InChI is InChI=1S/C20H36Si2/c1-12-16-14-13-15-17(21(8,9)19(2,3)4)18(16)22(10,11)20(5,6)7/h12-15H,1H2,2-11H3. The van der Waals surface area contributed by atoms with E-state index in [1.54, 1.807) is 10.4 Å². The summed E-state index contributed by atoms with van der Waals surface area (Å²) in [5.41, 5.74) is 1.37. The summed E-state index contributed by atoms with van der Waals surface area (Å²) in [4.78, 5) is 0. The van der Waals surface area contributed by atoms with Crippen LogP contribution in [0.1, 0.15) is 47.1 Å². The Hall–Kier alpha value is -0.606. The van der Waals surface area contributed by atoms with E-state index < -0.39 is 16.1 Å². The van der Waals surface area contributed by atoms with Gasteiger partial charge in [0.15, 0.2) is 0 Å². The van der Waals surface area contributed by atoms with Gasteiger partial charge in [-0.1, -0.05) is 109 Å². The Balaban J connectivity index is 3.82. The van der Waals surface area contributed by atoms with E-state index in [1.165, 1.54) is 5.56 Å². The summed E-state index contributed by atoms with van der Waals surface area (Å²) in [5, 5.41) is 4.00. The molecule has 0 heterocycles. The summed E-state index contributed by atoms with van der Waals surface area (Å²) < 4.78 is 0. The fourth-order valence-corrected chi connectivity index (χ4v) is 9.12. The van der Waals surface area contributed by atoms with E-state index in [-0.39, 0.29) is 0 Å². The van der Waals surface area contributed by atoms with Crippen molar-refractivity contribution in [3.63, 3.8) is 0 Å². The van der Waals surface area contributed by atoms with Gasteiger partial charge in [0.05, 0.1) is 16.1 Å². The smallest absolute Gasteiger partial charge is 0.0865 e. The Bertz CT molecular complexity index is 552. The molecule has 0 nitrogen and oxygen atoms in total. The van der Waals surface area contributed by atoms with Gasteiger partial charge in [0.1, 0.15) is 0 Å². The summed E-state index contributed by atoms with van der Waals surface area (Å²) in [6, 6.07) is 6.92. The van der Waals surface area contributed by atoms with E-state index in [0.717, 1.165) is 0 Å². The van der Waals surface area contributed by atoms with Crippen molar-refractivity contribution < 1.29 is 0 Å². The molecule has 0 unspecified atom stereocenters. The molecular formula is C20H36Si2. The number of rotatable bonds is 3. The molecule has 22 heavy (non-hydrogen) atoms. The first kappa shape index (κ1) is 19.4. The zero-order valence-electron chi connectivity index (χ0n) is 16.5. The van der Waals surface area contributed by atoms with E-state index in [9.17, 15) is 0 Å². The molecule has 2 heteroatoms. The molecule has 0 aliphatic rings. The predicted molar refractivity (Wildman–Crippen MR) is 110 cm³/mol. The molecule has 0 fully saturated rings. The van der Waals surface area contributed by atoms with Crippen LogP contribution in [0.2, 0.25) is 36.3 Å². The minimum Gasteiger partial charge on any atom is -0.0985 e. The van der Waals surface area contributed by atoms with Gasteiger partial charge < -0.3 is 0 Å². The average Bonchev–Trinajstić information content (AvgIpc) is 2.34. The van der Waals surface area contributed by atoms with Crippen LogP contribution in [0.5, 0.6) is 0 Å². The van der Waals surface area contributed by atoms with E-state index >= 15 is 0 Å². The van der Waals surface area contributed by atoms with Gasteiger partial charge in [-0.05, 0) is 15.6 Å². The Morgan fingerprint density at radius 1 is 0.818 bits per heavy atom. The van der Waals surface area contributed by atoms with Crippen molar-refractivity contribution in [2.24, 2.45) is 0 Å². The molecule has 0 bridgehead atoms. The predicted octanol–water partition coefficient (Wildman–Crippen LogP) is 5.76. The molecule has 0 atom stereocenters. The molecule has 124 valence electrons. The van der Waals surface area contributed by atoms with Crippen molar-refractivity contribution in [2.45, 2.75) is 77.8 Å². The first-order chi connectivity index (χ1) is 9.68. The lowest BCUT2D eigenvalue weighted by Crippen LogP contribution is -2.65. The molecule has 0 amide bonds. The van der Waals surface area contributed by atoms with Gasteiger partial charge in [-0.3, -0.25) is 0 Å². The van der Waals surface area contributed by atoms with Crippen molar-refractivity contribution in [2.75, 3.05) is 0 Å². The van der Waals surface area contributed by atoms with Crippen LogP contribution in [0.3, 0.4) is 0 Å². The summed E-state index contributed by atoms with van der Waals surface area (Å²) in [6.45, 7) is 28.7. The third-order valence-electron chi connectivity index (χ3n) is 6.36. The normalized spacial score (nSPS) is 14.1. The van der Waals surface area contributed by atoms with Gasteiger partial charge in [-0.25, -0.2) is 0 Å². The summed E-state index contributed by atoms with van der Waals surface area (Å²) in [6.07, 6.45) is 2.08. The van der Waals surface area contributed by atoms with Crippen LogP contribution in [0.25, 0.3) is 6.08 Å². The zero-order valence-corrected chi connectivity index (χ0v) is 18.5. The first-order valence-electron chi connectivity index (χ1n) is 8.44. The Kier molecular flexibility index (Phi) is 5.12. The molecule has 0 spiro atoms. The number of hydrogen-bond acceptors (Lipinski definition) is 0. The lowest BCUT2D eigenvalue weighted by Gasteiger charge is -2.45. The highest BCUT2D eigenvalue weighted by molar-refractivity contribution is 7.01. The van der Waals surface area contributed by atoms with E-state index in [4.69, 9.17) is 0 Å². The summed E-state index contributed by atoms with van der Waals surface area (Å²) >= 11 is 0. The zero-order chi connectivity index (χ0) is 17.6. The molecule has 0 aliphatic heterocycles. The quantitative estimate of drug-likeness (QED) is 0.617. The SMILES string of the molecule is C=Cc1cccc([Si](C)(C)C(C)(C)C)c1[Si](C)(C)C(C)(C)C. The monoisotopic (exact) mass is 332 g/mol. The van der Waals surface area contributed by atoms with Crippen LogP contribution >= 0.6 is 0 Å². The maximum absolute atomic E-state index is 4.11. The molecule has 0 N–H and O–H groups in total. The largest absolute Gasteiger partial charge is 0.0985 e. The lowest BCUT2D eigenvalue weighted by molar-refractivity contribution is 0.726. The van der Waals surface area contributed by atoms with E-state index in [1.807, 2.05) is 0 Å². The van der Waals surface area contributed by atoms with Crippen LogP contribution in [0.4, 0.5) is 0 Å². The Morgan fingerprint density at radius 2 is 1.27 bits per heavy atom. The van der Waals surface area contributed by atoms with Crippen LogP contribution in [0, 0.1) is 0 Å². The highest BCUT2D eigenvalue weighted by Crippen LogP contribution is 2.39. The highest BCUT2D eigenvalue weighted by Gasteiger charge is 2.45. The van der Waals surface area contributed by atoms with Crippen LogP contribution < -0.4 is 10.4 Å². The van der Waals surface area contributed by atoms with Crippen molar-refractivity contribution in [1.29, 1.82) is 0 Å². The first-order valence-corrected chi connectivity index (χ1v) is 14.4. The molecule has 0 aromatic heterocycles. The van der Waals surface area contributed by atoms with Gasteiger partial charge >= 0.3 is 0 Å². The topological polar surface area (TPSA) is 0 Å². The molecule has 0 radical (unpaired) electrons. The van der Waals surface area contributed by atoms with Crippen molar-refractivity contribution in [1.82, 2.24) is 0 Å². The second kappa shape index (κ2) is 5.79. The van der Waals surface area contributed by atoms with Crippen molar-refractivity contribution in [3.05, 3.63) is 30.3 Å². The molecule has 1 aromatic carbocycles. The van der Waals surface area contributed by atoms with Crippen LogP contribution in [0.15, 0.2) is 24.8 Å². The molecular weight excluding hydrogens is 296 g/mol. The third kappa shape index (κ3) is 3.18. The minimum absolute atomic E-state index is 0.337. The Labute approximate surface area is 141 Å². The Morgan fingerprint density at radius 3 is 1.64 bits per heavy atom. The maximum Gasteiger partial charge on any atom is 0.0865 e. The minimum atomic E-state index is -1.62. The van der Waals surface area contributed by atoms with E-state index in [2.05, 4.69) is 98.6 Å². The number of benzene rings is 1. The maximum atomic E-state index is 4.11. The average molecular weight is 333 g/mol. The molecule has 0 saturated carbocycles. The van der Waals surface area contributed by atoms with Gasteiger partial charge in [0.2, 0.25) is 0 Å². The van der Waals surface area contributed by atoms with Gasteiger partial charge in [0, 0.05) is 0 Å². The highest BCUT2D eigenvalue weighted by atomic mass is 28.3. The fourth-order valence-electron chi connectivity index (χ4n) is 2.74. The second-order valence-corrected chi connectivity index (χ2v) is 20.3. The van der Waals surface area contributed by atoms with E-state index in [0.29, 0.717) is 10.1 Å². The number of hydrogen-bond donors (Lipinski definition) is 0. The third-order valence-corrected chi connectivity index (χ3v) is 17.7. The van der Waals surface area contributed by atoms with Gasteiger partial charge in [0.25, 0.3) is 0 Å². The van der Waals surface area contributed by atoms with Crippen LogP contribution in [-0.4, -0.2) is 16.1 Å². The van der Waals surface area contributed by atoms with Crippen molar-refractivity contribution in [3.8, 4) is 0 Å². The summed E-state index contributed by atoms with van der Waals surface area (Å²) in [5.74, 6) is 0. The fraction of sp³-hybridized carbons (Fsp3) is 0.600. The summed E-state index contributed by atoms with van der Waals surface area (Å²) in [7, 11) is -3.19. The lowest BCUT2D eigenvalue weighted by atomic mass is 10.2. The molecule has 0 aliphatic carbocycles. The second-order valence-electron chi connectivity index (χ2n) is 9.72. The van der Waals surface area contributed by atoms with Crippen LogP contribution in [-0.2, 0) is 0 Å². The van der Waals surface area contributed by atoms with Gasteiger partial charge in [-0.15, -0.1) is 0 Å². The molecule has 1 aromatic rings. The van der Waals surface area contributed by atoms with Gasteiger partial charge in [-0.2, -0.15) is 0 Å². The van der Waals surface area contributed by atoms with Crippen molar-refractivity contribution >= 4 is 32.6 Å². The molecule has 0 saturated heterocycles.